The number of aromatic nitrogens is 2. The van der Waals surface area contributed by atoms with Crippen LogP contribution in [0.3, 0.4) is 0 Å². The third-order valence-electron chi connectivity index (χ3n) is 4.39. The molecule has 0 bridgehead atoms. The number of nitrogens with one attached hydrogen (secondary N) is 1. The molecule has 1 unspecified atom stereocenters. The predicted molar refractivity (Wildman–Crippen MR) is 72.9 cm³/mol. The first-order valence-corrected chi connectivity index (χ1v) is 6.70. The summed E-state index contributed by atoms with van der Waals surface area (Å²) >= 11 is 0. The summed E-state index contributed by atoms with van der Waals surface area (Å²) in [6.07, 6.45) is 7.87. The summed E-state index contributed by atoms with van der Waals surface area (Å²) in [5.74, 6) is 5.82. The van der Waals surface area contributed by atoms with Gasteiger partial charge in [-0.1, -0.05) is 12.8 Å². The summed E-state index contributed by atoms with van der Waals surface area (Å²) in [5.41, 5.74) is 4.31. The Morgan fingerprint density at radius 2 is 2.17 bits per heavy atom. The predicted octanol–water partition coefficient (Wildman–Crippen LogP) is 0.669. The Bertz CT molecular complexity index is 378. The molecule has 18 heavy (non-hydrogen) atoms. The lowest BCUT2D eigenvalue weighted by atomic mass is 9.84. The second-order valence-corrected chi connectivity index (χ2v) is 5.61. The van der Waals surface area contributed by atoms with E-state index < -0.39 is 0 Å². The zero-order chi connectivity index (χ0) is 13.2. The molecule has 5 heteroatoms. The van der Waals surface area contributed by atoms with Crippen molar-refractivity contribution < 1.29 is 0 Å². The van der Waals surface area contributed by atoms with Gasteiger partial charge in [-0.05, 0) is 33.0 Å². The first-order chi connectivity index (χ1) is 8.58. The highest BCUT2D eigenvalue weighted by atomic mass is 15.3. The van der Waals surface area contributed by atoms with Crippen molar-refractivity contribution >= 4 is 0 Å². The maximum absolute atomic E-state index is 5.82. The molecule has 1 aliphatic rings. The number of hydrogen-bond donors (Lipinski definition) is 2. The van der Waals surface area contributed by atoms with Gasteiger partial charge in [0.15, 0.2) is 0 Å². The van der Waals surface area contributed by atoms with Crippen molar-refractivity contribution in [1.29, 1.82) is 0 Å². The number of hydrazine groups is 1. The van der Waals surface area contributed by atoms with Gasteiger partial charge in [-0.25, -0.2) is 0 Å². The standard InChI is InChI=1S/C13H25N5/c1-17(2)13(7-4-5-8-13)12(15-14)10-11-6-9-18(3)16-11/h6,9,12,15H,4-5,7-8,10,14H2,1-3H3. The maximum atomic E-state index is 5.82. The molecule has 1 aromatic rings. The quantitative estimate of drug-likeness (QED) is 0.596. The molecule has 1 saturated carbocycles. The summed E-state index contributed by atoms with van der Waals surface area (Å²) in [4.78, 5) is 2.34. The smallest absolute Gasteiger partial charge is 0.0641 e. The van der Waals surface area contributed by atoms with Crippen molar-refractivity contribution in [2.45, 2.75) is 43.7 Å². The largest absolute Gasteiger partial charge is 0.302 e. The van der Waals surface area contributed by atoms with Gasteiger partial charge in [-0.3, -0.25) is 16.0 Å². The lowest BCUT2D eigenvalue weighted by molar-refractivity contribution is 0.104. The highest BCUT2D eigenvalue weighted by Gasteiger charge is 2.42. The van der Waals surface area contributed by atoms with Crippen molar-refractivity contribution in [3.63, 3.8) is 0 Å². The van der Waals surface area contributed by atoms with Gasteiger partial charge in [-0.2, -0.15) is 5.10 Å². The van der Waals surface area contributed by atoms with Gasteiger partial charge < -0.3 is 4.90 Å². The molecule has 1 aromatic heterocycles. The fourth-order valence-corrected chi connectivity index (χ4v) is 3.28. The monoisotopic (exact) mass is 251 g/mol. The van der Waals surface area contributed by atoms with E-state index in [1.165, 1.54) is 25.7 Å². The Hall–Kier alpha value is -0.910. The van der Waals surface area contributed by atoms with Crippen LogP contribution in [0, 0.1) is 0 Å². The second kappa shape index (κ2) is 5.38. The Morgan fingerprint density at radius 1 is 1.50 bits per heavy atom. The molecule has 0 spiro atoms. The topological polar surface area (TPSA) is 59.1 Å². The highest BCUT2D eigenvalue weighted by molar-refractivity contribution is 5.09. The molecule has 0 aliphatic heterocycles. The van der Waals surface area contributed by atoms with Gasteiger partial charge in [0.05, 0.1) is 5.69 Å². The fourth-order valence-electron chi connectivity index (χ4n) is 3.28. The van der Waals surface area contributed by atoms with Crippen molar-refractivity contribution in [2.75, 3.05) is 14.1 Å². The van der Waals surface area contributed by atoms with Crippen molar-refractivity contribution in [3.8, 4) is 0 Å². The van der Waals surface area contributed by atoms with Gasteiger partial charge >= 0.3 is 0 Å². The number of hydrogen-bond acceptors (Lipinski definition) is 4. The minimum atomic E-state index is 0.173. The summed E-state index contributed by atoms with van der Waals surface area (Å²) in [6.45, 7) is 0. The molecule has 1 fully saturated rings. The Kier molecular flexibility index (Phi) is 4.04. The zero-order valence-corrected chi connectivity index (χ0v) is 11.7. The number of rotatable bonds is 5. The van der Waals surface area contributed by atoms with E-state index in [-0.39, 0.29) is 11.6 Å². The molecule has 1 heterocycles. The first kappa shape index (κ1) is 13.5. The van der Waals surface area contributed by atoms with E-state index >= 15 is 0 Å². The minimum Gasteiger partial charge on any atom is -0.302 e. The van der Waals surface area contributed by atoms with Crippen LogP contribution < -0.4 is 11.3 Å². The van der Waals surface area contributed by atoms with Gasteiger partial charge in [0.25, 0.3) is 0 Å². The Morgan fingerprint density at radius 3 is 2.61 bits per heavy atom. The molecular formula is C13H25N5. The fraction of sp³-hybridized carbons (Fsp3) is 0.769. The van der Waals surface area contributed by atoms with E-state index in [4.69, 9.17) is 5.84 Å². The zero-order valence-electron chi connectivity index (χ0n) is 11.7. The molecule has 0 radical (unpaired) electrons. The molecule has 3 N–H and O–H groups in total. The Balaban J connectivity index is 2.16. The van der Waals surface area contributed by atoms with Gasteiger partial charge in [0.2, 0.25) is 0 Å². The number of nitrogens with zero attached hydrogens (tertiary/aromatic N) is 3. The lowest BCUT2D eigenvalue weighted by Gasteiger charge is -2.42. The van der Waals surface area contributed by atoms with E-state index in [1.807, 2.05) is 17.9 Å². The van der Waals surface area contributed by atoms with Crippen LogP contribution in [-0.2, 0) is 13.5 Å². The summed E-state index contributed by atoms with van der Waals surface area (Å²) in [6, 6.07) is 2.33. The van der Waals surface area contributed by atoms with Crippen LogP contribution in [-0.4, -0.2) is 40.4 Å². The first-order valence-electron chi connectivity index (χ1n) is 6.70. The molecule has 2 rings (SSSR count). The van der Waals surface area contributed by atoms with E-state index in [1.54, 1.807) is 0 Å². The summed E-state index contributed by atoms with van der Waals surface area (Å²) < 4.78 is 1.85. The molecular weight excluding hydrogens is 226 g/mol. The number of nitrogens with two attached hydrogens (primary N) is 1. The van der Waals surface area contributed by atoms with Crippen LogP contribution in [0.2, 0.25) is 0 Å². The van der Waals surface area contributed by atoms with E-state index in [0.717, 1.165) is 12.1 Å². The van der Waals surface area contributed by atoms with Crippen molar-refractivity contribution in [3.05, 3.63) is 18.0 Å². The summed E-state index contributed by atoms with van der Waals surface area (Å²) in [5, 5.41) is 4.46. The number of likely N-dealkylation sites (N-methyl/N-ethyl adjacent to an activating group) is 1. The summed E-state index contributed by atoms with van der Waals surface area (Å²) in [7, 11) is 6.27. The molecule has 0 saturated heterocycles. The van der Waals surface area contributed by atoms with Crippen LogP contribution in [0.25, 0.3) is 0 Å². The molecule has 1 aliphatic carbocycles. The van der Waals surface area contributed by atoms with E-state index in [0.29, 0.717) is 0 Å². The SMILES string of the molecule is CN(C)C1(C(Cc2ccn(C)n2)NN)CCCC1. The molecule has 0 aromatic carbocycles. The molecule has 0 amide bonds. The maximum Gasteiger partial charge on any atom is 0.0641 e. The van der Waals surface area contributed by atoms with Crippen LogP contribution in [0.15, 0.2) is 12.3 Å². The van der Waals surface area contributed by atoms with Gasteiger partial charge in [0, 0.05) is 31.2 Å². The average molecular weight is 251 g/mol. The minimum absolute atomic E-state index is 0.173. The van der Waals surface area contributed by atoms with Crippen LogP contribution >= 0.6 is 0 Å². The molecule has 1 atom stereocenters. The highest BCUT2D eigenvalue weighted by Crippen LogP contribution is 2.37. The third kappa shape index (κ3) is 2.43. The lowest BCUT2D eigenvalue weighted by Crippen LogP contribution is -2.60. The van der Waals surface area contributed by atoms with E-state index in [2.05, 4.69) is 35.6 Å². The third-order valence-corrected chi connectivity index (χ3v) is 4.39. The van der Waals surface area contributed by atoms with Crippen LogP contribution in [0.4, 0.5) is 0 Å². The normalized spacial score (nSPS) is 20.5. The molecule has 5 nitrogen and oxygen atoms in total. The van der Waals surface area contributed by atoms with Crippen LogP contribution in [0.5, 0.6) is 0 Å². The molecule has 102 valence electrons. The van der Waals surface area contributed by atoms with Crippen molar-refractivity contribution in [1.82, 2.24) is 20.1 Å². The second-order valence-electron chi connectivity index (χ2n) is 5.61. The van der Waals surface area contributed by atoms with Crippen LogP contribution in [0.1, 0.15) is 31.4 Å². The van der Waals surface area contributed by atoms with Gasteiger partial charge in [-0.15, -0.1) is 0 Å². The van der Waals surface area contributed by atoms with Crippen molar-refractivity contribution in [2.24, 2.45) is 12.9 Å². The van der Waals surface area contributed by atoms with E-state index in [9.17, 15) is 0 Å². The van der Waals surface area contributed by atoms with Gasteiger partial charge in [0.1, 0.15) is 0 Å². The average Bonchev–Trinajstić information content (AvgIpc) is 2.95. The number of aryl methyl sites for hydroxylation is 1. The Labute approximate surface area is 109 Å².